The number of nitrogens with one attached hydrogen (secondary N) is 4. The molecule has 1 fully saturated rings. The van der Waals surface area contributed by atoms with Crippen LogP contribution in [0.3, 0.4) is 0 Å². The molecule has 0 radical (unpaired) electrons. The van der Waals surface area contributed by atoms with Crippen LogP contribution < -0.4 is 10.6 Å². The Labute approximate surface area is 210 Å². The molecule has 1 aliphatic carbocycles. The fourth-order valence-electron chi connectivity index (χ4n) is 4.14. The van der Waals surface area contributed by atoms with Gasteiger partial charge in [0, 0.05) is 19.2 Å². The molecule has 0 spiro atoms. The van der Waals surface area contributed by atoms with Crippen LogP contribution in [-0.2, 0) is 16.0 Å². The minimum absolute atomic E-state index is 0.0633. The van der Waals surface area contributed by atoms with Crippen molar-refractivity contribution in [2.24, 2.45) is 0 Å². The molecule has 0 aromatic heterocycles. The maximum Gasteiger partial charge on any atom is 0.275 e. The van der Waals surface area contributed by atoms with Crippen LogP contribution in [0.2, 0.25) is 0 Å². The summed E-state index contributed by atoms with van der Waals surface area (Å²) in [4.78, 5) is 26.4. The van der Waals surface area contributed by atoms with E-state index in [0.717, 1.165) is 49.4 Å². The highest BCUT2D eigenvalue weighted by atomic mass is 32.2. The molecule has 0 saturated heterocycles. The maximum atomic E-state index is 13.4. The lowest BCUT2D eigenvalue weighted by Gasteiger charge is -2.46. The quantitative estimate of drug-likeness (QED) is 0.0811. The number of hydrogen-bond acceptors (Lipinski definition) is 8. The van der Waals surface area contributed by atoms with Crippen molar-refractivity contribution in [3.8, 4) is 0 Å². The third-order valence-electron chi connectivity index (χ3n) is 6.10. The van der Waals surface area contributed by atoms with E-state index in [1.165, 1.54) is 18.3 Å². The largest absolute Gasteiger partial charge is 0.503 e. The maximum absolute atomic E-state index is 13.4. The average molecular weight is 504 g/mol. The first-order valence-corrected chi connectivity index (χ1v) is 12.4. The Morgan fingerprint density at radius 3 is 2.40 bits per heavy atom. The second-order valence-corrected chi connectivity index (χ2v) is 9.50. The van der Waals surface area contributed by atoms with Gasteiger partial charge in [0.1, 0.15) is 11.5 Å². The Balaban J connectivity index is 2.13. The highest BCUT2D eigenvalue weighted by Crippen LogP contribution is 2.32. The average Bonchev–Trinajstić information content (AvgIpc) is 2.86. The number of nitrogens with zero attached hydrogens (tertiary/aromatic N) is 1. The van der Waals surface area contributed by atoms with Crippen LogP contribution in [0.1, 0.15) is 51.5 Å². The lowest BCUT2D eigenvalue weighted by Crippen LogP contribution is -2.61. The minimum atomic E-state index is -0.720. The van der Waals surface area contributed by atoms with Gasteiger partial charge in [0.2, 0.25) is 0 Å². The van der Waals surface area contributed by atoms with Crippen molar-refractivity contribution in [1.82, 2.24) is 15.5 Å². The van der Waals surface area contributed by atoms with Crippen LogP contribution in [0, 0.1) is 16.6 Å². The minimum Gasteiger partial charge on any atom is -0.503 e. The lowest BCUT2D eigenvalue weighted by atomic mass is 9.87. The third-order valence-corrected chi connectivity index (χ3v) is 7.02. The Bertz CT molecular complexity index is 1000. The SMILES string of the molecule is CCN(C(=O)/C(N/C=C(\C)C(=N)SC(=N)Cc1ccc(F)cc1)=C(\O)C=O)C1(NC)CCCCC1. The Kier molecular flexibility index (Phi) is 10.7. The highest BCUT2D eigenvalue weighted by molar-refractivity contribution is 8.26. The summed E-state index contributed by atoms with van der Waals surface area (Å²) in [5, 5.41) is 32.9. The molecule has 1 amide bonds. The number of carbonyl (C=O) groups excluding carboxylic acids is 2. The van der Waals surface area contributed by atoms with Crippen molar-refractivity contribution in [3.05, 3.63) is 58.9 Å². The van der Waals surface area contributed by atoms with Crippen LogP contribution in [0.4, 0.5) is 4.39 Å². The first-order valence-electron chi connectivity index (χ1n) is 11.6. The third kappa shape index (κ3) is 7.50. The summed E-state index contributed by atoms with van der Waals surface area (Å²) in [6.07, 6.45) is 6.39. The van der Waals surface area contributed by atoms with Crippen molar-refractivity contribution in [1.29, 1.82) is 10.8 Å². The van der Waals surface area contributed by atoms with Gasteiger partial charge < -0.3 is 15.3 Å². The van der Waals surface area contributed by atoms with Gasteiger partial charge in [0.05, 0.1) is 15.8 Å². The van der Waals surface area contributed by atoms with Gasteiger partial charge in [-0.15, -0.1) is 0 Å². The molecule has 1 saturated carbocycles. The Morgan fingerprint density at radius 1 is 1.23 bits per heavy atom. The molecule has 190 valence electrons. The lowest BCUT2D eigenvalue weighted by molar-refractivity contribution is -0.137. The normalized spacial score (nSPS) is 16.2. The monoisotopic (exact) mass is 503 g/mol. The molecular weight excluding hydrogens is 469 g/mol. The van der Waals surface area contributed by atoms with Gasteiger partial charge in [0.25, 0.3) is 5.91 Å². The number of amides is 1. The van der Waals surface area contributed by atoms with Gasteiger partial charge in [0.15, 0.2) is 12.0 Å². The van der Waals surface area contributed by atoms with Crippen LogP contribution in [0.15, 0.2) is 47.5 Å². The van der Waals surface area contributed by atoms with E-state index in [2.05, 4.69) is 10.6 Å². The first-order chi connectivity index (χ1) is 16.7. The second-order valence-electron chi connectivity index (χ2n) is 8.40. The zero-order valence-electron chi connectivity index (χ0n) is 20.4. The second kappa shape index (κ2) is 13.2. The van der Waals surface area contributed by atoms with Gasteiger partial charge in [-0.25, -0.2) is 4.39 Å². The number of thioether (sulfide) groups is 1. The number of aliphatic hydroxyl groups excluding tert-OH is 1. The molecule has 10 heteroatoms. The summed E-state index contributed by atoms with van der Waals surface area (Å²) in [6, 6.07) is 5.83. The molecule has 0 atom stereocenters. The van der Waals surface area contributed by atoms with Gasteiger partial charge >= 0.3 is 0 Å². The molecule has 8 nitrogen and oxygen atoms in total. The van der Waals surface area contributed by atoms with E-state index >= 15 is 0 Å². The van der Waals surface area contributed by atoms with E-state index in [4.69, 9.17) is 10.8 Å². The number of benzene rings is 1. The number of aldehydes is 1. The summed E-state index contributed by atoms with van der Waals surface area (Å²) in [5.74, 6) is -1.59. The Hall–Kier alpha value is -2.98. The predicted molar refractivity (Wildman–Crippen MR) is 138 cm³/mol. The fourth-order valence-corrected chi connectivity index (χ4v) is 4.85. The molecule has 0 aliphatic heterocycles. The van der Waals surface area contributed by atoms with Gasteiger partial charge in [-0.3, -0.25) is 25.7 Å². The summed E-state index contributed by atoms with van der Waals surface area (Å²) in [7, 11) is 1.81. The number of allylic oxidation sites excluding steroid dienone is 1. The van der Waals surface area contributed by atoms with Crippen molar-refractivity contribution >= 4 is 34.0 Å². The van der Waals surface area contributed by atoms with E-state index < -0.39 is 17.3 Å². The smallest absolute Gasteiger partial charge is 0.275 e. The van der Waals surface area contributed by atoms with Crippen LogP contribution in [0.25, 0.3) is 0 Å². The van der Waals surface area contributed by atoms with E-state index in [9.17, 15) is 19.1 Å². The molecule has 5 N–H and O–H groups in total. The van der Waals surface area contributed by atoms with E-state index in [1.54, 1.807) is 31.0 Å². The van der Waals surface area contributed by atoms with Crippen LogP contribution in [0.5, 0.6) is 0 Å². The summed E-state index contributed by atoms with van der Waals surface area (Å²) in [6.45, 7) is 3.86. The van der Waals surface area contributed by atoms with E-state index in [0.29, 0.717) is 12.1 Å². The fraction of sp³-hybridized carbons (Fsp3) is 0.440. The molecule has 1 aromatic rings. The van der Waals surface area contributed by atoms with Crippen molar-refractivity contribution in [2.75, 3.05) is 13.6 Å². The Morgan fingerprint density at radius 2 is 1.86 bits per heavy atom. The van der Waals surface area contributed by atoms with Crippen molar-refractivity contribution in [3.63, 3.8) is 0 Å². The summed E-state index contributed by atoms with van der Waals surface area (Å²) < 4.78 is 13.1. The molecule has 0 bridgehead atoms. The number of likely N-dealkylation sites (N-methyl/N-ethyl adjacent to an activating group) is 1. The van der Waals surface area contributed by atoms with Gasteiger partial charge in [-0.2, -0.15) is 0 Å². The standard InChI is InChI=1S/C25H34FN5O3S/c1-4-31(25(29-3)12-6-5-7-13-25)24(34)22(20(33)16-32)30-15-17(2)23(28)35-21(27)14-18-8-10-19(26)11-9-18/h8-11,15-16,27-30,33H,4-7,12-14H2,1-3H3/b17-15+,22-20+,27-21?,28-23?. The molecular formula is C25H34FN5O3S. The summed E-state index contributed by atoms with van der Waals surface area (Å²) >= 11 is 0.929. The van der Waals surface area contributed by atoms with Crippen molar-refractivity contribution < 1.29 is 19.1 Å². The van der Waals surface area contributed by atoms with Gasteiger partial charge in [-0.1, -0.05) is 30.3 Å². The van der Waals surface area contributed by atoms with Crippen LogP contribution in [-0.4, -0.2) is 51.5 Å². The predicted octanol–water partition coefficient (Wildman–Crippen LogP) is 4.25. The van der Waals surface area contributed by atoms with Crippen LogP contribution >= 0.6 is 11.8 Å². The van der Waals surface area contributed by atoms with E-state index in [1.807, 2.05) is 6.92 Å². The molecule has 1 aliphatic rings. The van der Waals surface area contributed by atoms with E-state index in [-0.39, 0.29) is 34.3 Å². The van der Waals surface area contributed by atoms with Crippen molar-refractivity contribution in [2.45, 2.75) is 58.0 Å². The molecule has 0 unspecified atom stereocenters. The zero-order chi connectivity index (χ0) is 26.0. The molecule has 1 aromatic carbocycles. The number of rotatable bonds is 10. The molecule has 2 rings (SSSR count). The number of carbonyl (C=O) groups is 2. The highest BCUT2D eigenvalue weighted by Gasteiger charge is 2.40. The molecule has 35 heavy (non-hydrogen) atoms. The number of halogens is 1. The first kappa shape index (κ1) is 28.3. The number of hydrogen-bond donors (Lipinski definition) is 5. The zero-order valence-corrected chi connectivity index (χ0v) is 21.2. The number of aliphatic hydroxyl groups is 1. The molecule has 0 heterocycles. The van der Waals surface area contributed by atoms with Gasteiger partial charge in [-0.05, 0) is 69.8 Å². The topological polar surface area (TPSA) is 129 Å². The summed E-state index contributed by atoms with van der Waals surface area (Å²) in [5.41, 5.74) is 0.341.